The van der Waals surface area contributed by atoms with E-state index in [1.807, 2.05) is 26.8 Å². The largest absolute Gasteiger partial charge is 0.481 e. The number of carbonyl (C=O) groups excluding carboxylic acids is 1. The number of fused-ring (bicyclic) bond motifs is 1. The van der Waals surface area contributed by atoms with E-state index in [1.165, 1.54) is 29.5 Å². The van der Waals surface area contributed by atoms with Gasteiger partial charge in [-0.2, -0.15) is 0 Å². The number of benzene rings is 2. The standard InChI is InChI=1S/C23H29NO2/c1-5-21(23(25)24-22-16(3)12-15(2)13-17(22)4)26-20-11-10-18-8-6-7-9-19(18)14-20/h10-14,21H,5-9H2,1-4H3,(H,24,25). The molecule has 3 rings (SSSR count). The Labute approximate surface area is 156 Å². The summed E-state index contributed by atoms with van der Waals surface area (Å²) in [5, 5.41) is 3.08. The monoisotopic (exact) mass is 351 g/mol. The van der Waals surface area contributed by atoms with Gasteiger partial charge in [0.1, 0.15) is 5.75 Å². The molecule has 26 heavy (non-hydrogen) atoms. The highest BCUT2D eigenvalue weighted by Gasteiger charge is 2.21. The molecule has 1 aliphatic carbocycles. The van der Waals surface area contributed by atoms with Crippen LogP contribution in [0.4, 0.5) is 5.69 Å². The van der Waals surface area contributed by atoms with Gasteiger partial charge in [-0.1, -0.05) is 30.7 Å². The molecule has 1 N–H and O–H groups in total. The van der Waals surface area contributed by atoms with Gasteiger partial charge in [-0.15, -0.1) is 0 Å². The molecule has 3 nitrogen and oxygen atoms in total. The van der Waals surface area contributed by atoms with Gasteiger partial charge in [0.05, 0.1) is 0 Å². The first-order valence-electron chi connectivity index (χ1n) is 9.65. The van der Waals surface area contributed by atoms with E-state index in [9.17, 15) is 4.79 Å². The van der Waals surface area contributed by atoms with Crippen molar-refractivity contribution in [1.29, 1.82) is 0 Å². The third-order valence-corrected chi connectivity index (χ3v) is 5.19. The second-order valence-corrected chi connectivity index (χ2v) is 7.42. The lowest BCUT2D eigenvalue weighted by Crippen LogP contribution is -2.33. The number of aryl methyl sites for hydroxylation is 5. The molecule has 0 radical (unpaired) electrons. The van der Waals surface area contributed by atoms with Crippen LogP contribution in [0.15, 0.2) is 30.3 Å². The van der Waals surface area contributed by atoms with E-state index in [2.05, 4.69) is 36.5 Å². The van der Waals surface area contributed by atoms with Crippen LogP contribution in [0.1, 0.15) is 54.0 Å². The Morgan fingerprint density at radius 3 is 2.35 bits per heavy atom. The van der Waals surface area contributed by atoms with Crippen molar-refractivity contribution in [2.75, 3.05) is 5.32 Å². The smallest absolute Gasteiger partial charge is 0.265 e. The molecule has 0 spiro atoms. The summed E-state index contributed by atoms with van der Waals surface area (Å²) < 4.78 is 6.06. The summed E-state index contributed by atoms with van der Waals surface area (Å²) >= 11 is 0. The third kappa shape index (κ3) is 4.09. The molecule has 0 saturated heterocycles. The highest BCUT2D eigenvalue weighted by atomic mass is 16.5. The van der Waals surface area contributed by atoms with Crippen molar-refractivity contribution in [3.8, 4) is 5.75 Å². The molecule has 0 aliphatic heterocycles. The quantitative estimate of drug-likeness (QED) is 0.795. The van der Waals surface area contributed by atoms with Crippen molar-refractivity contribution >= 4 is 11.6 Å². The van der Waals surface area contributed by atoms with Crippen LogP contribution in [0.5, 0.6) is 5.75 Å². The second kappa shape index (κ2) is 7.94. The fourth-order valence-corrected chi connectivity index (χ4v) is 3.85. The third-order valence-electron chi connectivity index (χ3n) is 5.19. The summed E-state index contributed by atoms with van der Waals surface area (Å²) in [5.41, 5.74) is 7.06. The van der Waals surface area contributed by atoms with Gasteiger partial charge in [-0.05, 0) is 87.3 Å². The summed E-state index contributed by atoms with van der Waals surface area (Å²) in [6, 6.07) is 10.5. The van der Waals surface area contributed by atoms with Crippen LogP contribution in [0.25, 0.3) is 0 Å². The molecule has 0 bridgehead atoms. The number of carbonyl (C=O) groups is 1. The molecule has 0 aromatic heterocycles. The van der Waals surface area contributed by atoms with Crippen LogP contribution >= 0.6 is 0 Å². The lowest BCUT2D eigenvalue weighted by atomic mass is 9.92. The predicted molar refractivity (Wildman–Crippen MR) is 107 cm³/mol. The SMILES string of the molecule is CCC(Oc1ccc2c(c1)CCCC2)C(=O)Nc1c(C)cc(C)cc1C. The molecule has 1 amide bonds. The molecule has 0 saturated carbocycles. The van der Waals surface area contributed by atoms with Gasteiger partial charge in [-0.25, -0.2) is 0 Å². The second-order valence-electron chi connectivity index (χ2n) is 7.42. The molecule has 1 unspecified atom stereocenters. The van der Waals surface area contributed by atoms with Crippen molar-refractivity contribution in [2.24, 2.45) is 0 Å². The number of nitrogens with one attached hydrogen (secondary N) is 1. The van der Waals surface area contributed by atoms with Crippen molar-refractivity contribution in [1.82, 2.24) is 0 Å². The van der Waals surface area contributed by atoms with Gasteiger partial charge < -0.3 is 10.1 Å². The number of hydrogen-bond donors (Lipinski definition) is 1. The average molecular weight is 351 g/mol. The molecule has 3 heteroatoms. The Kier molecular flexibility index (Phi) is 5.65. The molecule has 0 heterocycles. The normalized spacial score (nSPS) is 14.5. The fraction of sp³-hybridized carbons (Fsp3) is 0.435. The maximum atomic E-state index is 12.8. The highest BCUT2D eigenvalue weighted by molar-refractivity contribution is 5.95. The molecule has 0 fully saturated rings. The van der Waals surface area contributed by atoms with Crippen LogP contribution in [-0.4, -0.2) is 12.0 Å². The lowest BCUT2D eigenvalue weighted by molar-refractivity contribution is -0.122. The van der Waals surface area contributed by atoms with Crippen LogP contribution in [0.3, 0.4) is 0 Å². The first kappa shape index (κ1) is 18.5. The van der Waals surface area contributed by atoms with E-state index in [-0.39, 0.29) is 5.91 Å². The summed E-state index contributed by atoms with van der Waals surface area (Å²) in [5.74, 6) is 0.713. The maximum absolute atomic E-state index is 12.8. The van der Waals surface area contributed by atoms with Gasteiger partial charge >= 0.3 is 0 Å². The highest BCUT2D eigenvalue weighted by Crippen LogP contribution is 2.27. The van der Waals surface area contributed by atoms with Crippen LogP contribution in [0, 0.1) is 20.8 Å². The summed E-state index contributed by atoms with van der Waals surface area (Å²) in [7, 11) is 0. The van der Waals surface area contributed by atoms with E-state index in [4.69, 9.17) is 4.74 Å². The Morgan fingerprint density at radius 2 is 1.69 bits per heavy atom. The van der Waals surface area contributed by atoms with E-state index in [0.717, 1.165) is 35.4 Å². The zero-order chi connectivity index (χ0) is 18.7. The number of rotatable bonds is 5. The van der Waals surface area contributed by atoms with E-state index in [1.54, 1.807) is 0 Å². The van der Waals surface area contributed by atoms with E-state index in [0.29, 0.717) is 6.42 Å². The molecular formula is C23H29NO2. The van der Waals surface area contributed by atoms with Gasteiger partial charge in [0.2, 0.25) is 0 Å². The summed E-state index contributed by atoms with van der Waals surface area (Å²) in [4.78, 5) is 12.8. The fourth-order valence-electron chi connectivity index (χ4n) is 3.85. The van der Waals surface area contributed by atoms with Gasteiger partial charge in [-0.3, -0.25) is 4.79 Å². The minimum absolute atomic E-state index is 0.0831. The molecule has 138 valence electrons. The van der Waals surface area contributed by atoms with Crippen LogP contribution < -0.4 is 10.1 Å². The molecule has 1 atom stereocenters. The van der Waals surface area contributed by atoms with Crippen molar-refractivity contribution in [3.05, 3.63) is 58.1 Å². The Balaban J connectivity index is 1.73. The van der Waals surface area contributed by atoms with Crippen molar-refractivity contribution < 1.29 is 9.53 Å². The topological polar surface area (TPSA) is 38.3 Å². The molecule has 2 aromatic carbocycles. The zero-order valence-electron chi connectivity index (χ0n) is 16.3. The van der Waals surface area contributed by atoms with Gasteiger partial charge in [0.25, 0.3) is 5.91 Å². The minimum Gasteiger partial charge on any atom is -0.481 e. The Morgan fingerprint density at radius 1 is 1.04 bits per heavy atom. The van der Waals surface area contributed by atoms with E-state index >= 15 is 0 Å². The van der Waals surface area contributed by atoms with E-state index < -0.39 is 6.10 Å². The summed E-state index contributed by atoms with van der Waals surface area (Å²) in [6.45, 7) is 8.11. The van der Waals surface area contributed by atoms with Crippen molar-refractivity contribution in [3.63, 3.8) is 0 Å². The van der Waals surface area contributed by atoms with Gasteiger partial charge in [0, 0.05) is 5.69 Å². The molecule has 2 aromatic rings. The lowest BCUT2D eigenvalue weighted by Gasteiger charge is -2.21. The number of anilines is 1. The minimum atomic E-state index is -0.489. The van der Waals surface area contributed by atoms with Gasteiger partial charge in [0.15, 0.2) is 6.10 Å². The predicted octanol–water partition coefficient (Wildman–Crippen LogP) is 5.29. The zero-order valence-corrected chi connectivity index (χ0v) is 16.3. The maximum Gasteiger partial charge on any atom is 0.265 e. The first-order chi connectivity index (χ1) is 12.5. The summed E-state index contributed by atoms with van der Waals surface area (Å²) in [6.07, 6.45) is 4.91. The molecule has 1 aliphatic rings. The first-order valence-corrected chi connectivity index (χ1v) is 9.65. The Bertz CT molecular complexity index is 787. The number of amides is 1. The average Bonchev–Trinajstić information content (AvgIpc) is 2.62. The number of hydrogen-bond acceptors (Lipinski definition) is 2. The van der Waals surface area contributed by atoms with Crippen molar-refractivity contribution in [2.45, 2.75) is 65.9 Å². The van der Waals surface area contributed by atoms with Crippen LogP contribution in [0.2, 0.25) is 0 Å². The van der Waals surface area contributed by atoms with Crippen LogP contribution in [-0.2, 0) is 17.6 Å². The number of ether oxygens (including phenoxy) is 1. The molecular weight excluding hydrogens is 322 g/mol. The Hall–Kier alpha value is -2.29.